The van der Waals surface area contributed by atoms with Gasteiger partial charge in [-0.3, -0.25) is 29.9 Å². The van der Waals surface area contributed by atoms with Crippen LogP contribution in [0.3, 0.4) is 0 Å². The van der Waals surface area contributed by atoms with Gasteiger partial charge in [-0.05, 0) is 194 Å². The van der Waals surface area contributed by atoms with Gasteiger partial charge in [0, 0.05) is 191 Å². The van der Waals surface area contributed by atoms with E-state index in [4.69, 9.17) is 48.1 Å². The summed E-state index contributed by atoms with van der Waals surface area (Å²) in [4.78, 5) is 59.8. The first-order valence-corrected chi connectivity index (χ1v) is 45.2. The third-order valence-corrected chi connectivity index (χ3v) is 25.1. The summed E-state index contributed by atoms with van der Waals surface area (Å²) in [5, 5.41) is 9.91. The lowest BCUT2D eigenvalue weighted by Gasteiger charge is -2.12. The number of rotatable bonds is 15. The average molecular weight is 1780 g/mol. The van der Waals surface area contributed by atoms with Crippen molar-refractivity contribution < 1.29 is 13.3 Å². The number of hydrogen-bond donors (Lipinski definition) is 0. The fourth-order valence-corrected chi connectivity index (χ4v) is 18.7. The van der Waals surface area contributed by atoms with Gasteiger partial charge in [0.05, 0.1) is 72.0 Å². The minimum Gasteiger partial charge on any atom is -0.455 e. The second kappa shape index (κ2) is 34.8. The number of aromatic nitrogens is 16. The topological polar surface area (TPSA) is 222 Å². The summed E-state index contributed by atoms with van der Waals surface area (Å²) < 4.78 is 26.7. The van der Waals surface area contributed by atoms with Crippen LogP contribution in [0.5, 0.6) is 0 Å². The molecule has 0 unspecified atom stereocenters. The third kappa shape index (κ3) is 15.0. The van der Waals surface area contributed by atoms with Gasteiger partial charge in [0.25, 0.3) is 0 Å². The highest BCUT2D eigenvalue weighted by Gasteiger charge is 2.26. The Morgan fingerprint density at radius 1 is 0.167 bits per heavy atom. The maximum Gasteiger partial charge on any atom is 0.164 e. The molecule has 0 bridgehead atoms. The maximum atomic E-state index is 6.59. The van der Waals surface area contributed by atoms with Gasteiger partial charge < -0.3 is 27.0 Å². The quantitative estimate of drug-likeness (QED) is 0.0931. The van der Waals surface area contributed by atoms with Gasteiger partial charge in [0.15, 0.2) is 29.1 Å². The molecule has 15 aromatic heterocycles. The smallest absolute Gasteiger partial charge is 0.164 e. The first-order valence-electron chi connectivity index (χ1n) is 45.2. The van der Waals surface area contributed by atoms with E-state index in [1.54, 1.807) is 74.4 Å². The second-order valence-corrected chi connectivity index (χ2v) is 33.4. The van der Waals surface area contributed by atoms with Crippen molar-refractivity contribution in [2.24, 2.45) is 0 Å². The maximum absolute atomic E-state index is 6.59. The minimum absolute atomic E-state index is 0.580. The van der Waals surface area contributed by atoms with E-state index in [1.165, 1.54) is 0 Å². The second-order valence-electron chi connectivity index (χ2n) is 33.4. The van der Waals surface area contributed by atoms with Crippen LogP contribution in [0.25, 0.3) is 251 Å². The van der Waals surface area contributed by atoms with E-state index in [2.05, 4.69) is 268 Å². The summed E-state index contributed by atoms with van der Waals surface area (Å²) in [6.45, 7) is 0. The van der Waals surface area contributed by atoms with Crippen molar-refractivity contribution in [1.29, 1.82) is 0 Å². The SMILES string of the molecule is c1ccc(-c2cc3ccc4c(c5ccccc5n4-c4cccc(-c5cc(-c6ccncc6)nc(-c6ccncc6)n5)c4)c3o2)cc1.c1ccc(-c2cc3ccc4c(c5ccccc5n4-c4cccc(-c5nc(-c6ccncc6)cc(-c6ccncc6)n5)c4)c3o2)cc1.c1ccc(-c2cc3ccc4c(c5ccccc5n4-c4cccc(-c5nc(-c6ccncc6)nc(-c6ccncc6)n5)c4)c3o2)cc1. The Balaban J connectivity index is 0.000000110. The van der Waals surface area contributed by atoms with Crippen LogP contribution >= 0.6 is 0 Å². The van der Waals surface area contributed by atoms with Gasteiger partial charge in [-0.15, -0.1) is 0 Å². The van der Waals surface area contributed by atoms with Gasteiger partial charge in [0.1, 0.15) is 34.0 Å². The Morgan fingerprint density at radius 2 is 0.413 bits per heavy atom. The number of furan rings is 3. The summed E-state index contributed by atoms with van der Waals surface area (Å²) in [6, 6.07) is 128. The van der Waals surface area contributed by atoms with E-state index in [-0.39, 0.29) is 0 Å². The van der Waals surface area contributed by atoms with Crippen LogP contribution < -0.4 is 0 Å². The van der Waals surface area contributed by atoms with Gasteiger partial charge in [-0.2, -0.15) is 0 Å². The molecule has 0 spiro atoms. The molecule has 0 aliphatic heterocycles. The van der Waals surface area contributed by atoms with E-state index in [1.807, 2.05) is 152 Å². The molecule has 0 saturated carbocycles. The average Bonchev–Trinajstić information content (AvgIpc) is 1.58. The fraction of sp³-hybridized carbons (Fsp3) is 0. The van der Waals surface area contributed by atoms with Crippen LogP contribution in [-0.2, 0) is 0 Å². The Kier molecular flexibility index (Phi) is 20.4. The van der Waals surface area contributed by atoms with Crippen molar-refractivity contribution >= 4 is 98.3 Å². The number of nitrogens with zero attached hydrogens (tertiary/aromatic N) is 16. The molecule has 138 heavy (non-hydrogen) atoms. The van der Waals surface area contributed by atoms with Crippen molar-refractivity contribution in [1.82, 2.24) is 78.5 Å². The molecule has 27 aromatic rings. The molecule has 12 aromatic carbocycles. The van der Waals surface area contributed by atoms with Gasteiger partial charge in [-0.1, -0.05) is 182 Å². The Bertz CT molecular complexity index is 8240. The number of benzene rings is 12. The van der Waals surface area contributed by atoms with E-state index in [9.17, 15) is 0 Å². The molecular weight excluding hydrogens is 1700 g/mol. The van der Waals surface area contributed by atoms with Gasteiger partial charge in [0.2, 0.25) is 0 Å². The van der Waals surface area contributed by atoms with Gasteiger partial charge in [-0.25, -0.2) is 34.9 Å². The molecule has 0 radical (unpaired) electrons. The largest absolute Gasteiger partial charge is 0.455 e. The van der Waals surface area contributed by atoms with Crippen LogP contribution in [0, 0.1) is 0 Å². The lowest BCUT2D eigenvalue weighted by atomic mass is 10.1. The summed E-state index contributed by atoms with van der Waals surface area (Å²) in [5.41, 5.74) is 27.1. The molecule has 0 N–H and O–H groups in total. The molecule has 648 valence electrons. The zero-order valence-electron chi connectivity index (χ0n) is 73.6. The molecule has 0 amide bonds. The molecule has 0 saturated heterocycles. The number of para-hydroxylation sites is 3. The van der Waals surface area contributed by atoms with Crippen molar-refractivity contribution in [3.63, 3.8) is 0 Å². The molecule has 15 heterocycles. The van der Waals surface area contributed by atoms with Crippen LogP contribution in [0.1, 0.15) is 0 Å². The third-order valence-electron chi connectivity index (χ3n) is 25.1. The predicted molar refractivity (Wildman–Crippen MR) is 548 cm³/mol. The molecule has 0 fully saturated rings. The van der Waals surface area contributed by atoms with Gasteiger partial charge >= 0.3 is 0 Å². The molecule has 0 aliphatic rings. The zero-order chi connectivity index (χ0) is 91.4. The molecule has 19 nitrogen and oxygen atoms in total. The van der Waals surface area contributed by atoms with Crippen LogP contribution in [0.2, 0.25) is 0 Å². The number of hydrogen-bond acceptors (Lipinski definition) is 16. The van der Waals surface area contributed by atoms with E-state index in [0.717, 1.165) is 222 Å². The monoisotopic (exact) mass is 1770 g/mol. The zero-order valence-corrected chi connectivity index (χ0v) is 73.6. The number of fused-ring (bicyclic) bond motifs is 15. The van der Waals surface area contributed by atoms with Crippen molar-refractivity contribution in [3.8, 4) is 153 Å². The van der Waals surface area contributed by atoms with Crippen molar-refractivity contribution in [2.45, 2.75) is 0 Å². The lowest BCUT2D eigenvalue weighted by molar-refractivity contribution is 0.635. The Hall–Kier alpha value is -19.3. The van der Waals surface area contributed by atoms with Crippen LogP contribution in [-0.4, -0.2) is 78.5 Å². The Morgan fingerprint density at radius 3 is 0.732 bits per heavy atom. The summed E-state index contributed by atoms with van der Waals surface area (Å²) in [5.74, 6) is 5.60. The first-order chi connectivity index (χ1) is 68.4. The normalized spacial score (nSPS) is 11.5. The Labute approximate surface area is 788 Å². The molecule has 0 aliphatic carbocycles. The predicted octanol–water partition coefficient (Wildman–Crippen LogP) is 28.7. The highest BCUT2D eigenvalue weighted by Crippen LogP contribution is 2.46. The van der Waals surface area contributed by atoms with Crippen LogP contribution in [0.4, 0.5) is 0 Å². The van der Waals surface area contributed by atoms with Crippen molar-refractivity contribution in [3.05, 3.63) is 450 Å². The standard InChI is InChI=1S/2C40H25N5O.C39H24N6O/c1-2-7-28(8-3-1)37-24-29-13-14-36-38(39(29)46-37)32-11-4-5-12-35(32)45(36)31-10-6-9-30(23-31)40-43-33(26-15-19-41-20-16-26)25-34(44-40)27-17-21-42-22-18-27;1-2-7-27(8-3-1)37-24-30-13-14-36-38(39(30)46-37)32-11-4-5-12-35(32)45(36)31-10-6-9-29(23-31)34-25-33(26-15-19-41-20-16-26)43-40(44-34)28-17-21-42-22-18-28;1-2-7-25(8-3-1)34-24-28-13-14-33-35(36(28)46-34)31-11-4-5-12-32(31)45(33)30-10-6-9-29(23-30)39-43-37(26-15-19-40-20-16-26)42-38(44-39)27-17-21-41-22-18-27/h2*1-25H;1-24H. The minimum atomic E-state index is 0.580. The molecular formula is C119H74N16O3. The summed E-state index contributed by atoms with van der Waals surface area (Å²) in [6.07, 6.45) is 21.2. The number of pyridine rings is 6. The summed E-state index contributed by atoms with van der Waals surface area (Å²) in [7, 11) is 0. The van der Waals surface area contributed by atoms with E-state index >= 15 is 0 Å². The lowest BCUT2D eigenvalue weighted by Crippen LogP contribution is -2.01. The molecule has 27 rings (SSSR count). The highest BCUT2D eigenvalue weighted by atomic mass is 16.3. The van der Waals surface area contributed by atoms with E-state index in [0.29, 0.717) is 29.1 Å². The molecule has 19 heteroatoms. The van der Waals surface area contributed by atoms with Crippen LogP contribution in [0.15, 0.2) is 464 Å². The first kappa shape index (κ1) is 80.8. The van der Waals surface area contributed by atoms with Crippen molar-refractivity contribution in [2.75, 3.05) is 0 Å². The fourth-order valence-electron chi connectivity index (χ4n) is 18.7. The molecule has 0 atom stereocenters. The van der Waals surface area contributed by atoms with E-state index < -0.39 is 0 Å². The summed E-state index contributed by atoms with van der Waals surface area (Å²) >= 11 is 0. The highest BCUT2D eigenvalue weighted by molar-refractivity contribution is 6.23.